The molecule has 3 N–H and O–H groups in total. The maximum Gasteiger partial charge on any atom is 0.323 e. The smallest absolute Gasteiger partial charge is 0.323 e. The number of carbonyl (C=O) groups excluding carboxylic acids is 2. The third-order valence-corrected chi connectivity index (χ3v) is 5.85. The molecule has 138 valence electrons. The minimum Gasteiger partial charge on any atom is -0.480 e. The fourth-order valence-corrected chi connectivity index (χ4v) is 4.63. The van der Waals surface area contributed by atoms with E-state index in [0.29, 0.717) is 28.6 Å². The van der Waals surface area contributed by atoms with E-state index in [2.05, 4.69) is 10.6 Å². The van der Waals surface area contributed by atoms with Crippen LogP contribution in [0.1, 0.15) is 46.4 Å². The number of carbonyl (C=O) groups is 3. The average Bonchev–Trinajstić information content (AvgIpc) is 2.82. The molecule has 2 amide bonds. The van der Waals surface area contributed by atoms with Gasteiger partial charge < -0.3 is 15.7 Å². The van der Waals surface area contributed by atoms with Crippen LogP contribution in [0.25, 0.3) is 10.8 Å². The molecule has 7 heteroatoms. The molecule has 2 atom stereocenters. The van der Waals surface area contributed by atoms with Crippen LogP contribution in [0.5, 0.6) is 0 Å². The highest BCUT2D eigenvalue weighted by Crippen LogP contribution is 2.42. The molecule has 2 heterocycles. The number of hydrogen-bond donors (Lipinski definition) is 3. The molecule has 0 aromatic heterocycles. The van der Waals surface area contributed by atoms with Crippen molar-refractivity contribution >= 4 is 39.9 Å². The van der Waals surface area contributed by atoms with E-state index in [4.69, 9.17) is 5.11 Å². The van der Waals surface area contributed by atoms with Gasteiger partial charge in [0.05, 0.1) is 0 Å². The molecule has 1 aliphatic carbocycles. The molecule has 0 saturated heterocycles. The number of anilines is 2. The standard InChI is InChI=1S/C20H19N3O4/c24-16(25)9-23-19(26)10-5-7-14-18-15(8-6-11(17(10)18)20(23)27)22-13-4-2-1-3-12(13)21-14/h5-8,12-13,21-22H,1-4,9H2,(H,24,25). The molecule has 2 aromatic carbocycles. The van der Waals surface area contributed by atoms with Crippen LogP contribution in [0.15, 0.2) is 24.3 Å². The van der Waals surface area contributed by atoms with Crippen molar-refractivity contribution in [1.82, 2.24) is 4.90 Å². The van der Waals surface area contributed by atoms with E-state index in [9.17, 15) is 14.4 Å². The van der Waals surface area contributed by atoms with Gasteiger partial charge in [-0.05, 0) is 37.1 Å². The van der Waals surface area contributed by atoms with Gasteiger partial charge in [-0.3, -0.25) is 19.3 Å². The monoisotopic (exact) mass is 365 g/mol. The molecule has 0 spiro atoms. The lowest BCUT2D eigenvalue weighted by Gasteiger charge is -2.32. The quantitative estimate of drug-likeness (QED) is 0.708. The zero-order valence-corrected chi connectivity index (χ0v) is 14.6. The van der Waals surface area contributed by atoms with E-state index < -0.39 is 24.3 Å². The number of carboxylic acid groups (broad SMARTS) is 1. The van der Waals surface area contributed by atoms with E-state index in [1.165, 1.54) is 12.8 Å². The average molecular weight is 365 g/mol. The van der Waals surface area contributed by atoms with Gasteiger partial charge in [-0.25, -0.2) is 0 Å². The van der Waals surface area contributed by atoms with Crippen LogP contribution in [0.3, 0.4) is 0 Å². The van der Waals surface area contributed by atoms with Crippen molar-refractivity contribution in [3.8, 4) is 0 Å². The summed E-state index contributed by atoms with van der Waals surface area (Å²) < 4.78 is 0. The number of amides is 2. The number of hydrogen-bond acceptors (Lipinski definition) is 5. The molecule has 0 bridgehead atoms. The molecule has 5 rings (SSSR count). The highest BCUT2D eigenvalue weighted by atomic mass is 16.4. The molecule has 27 heavy (non-hydrogen) atoms. The molecule has 2 aromatic rings. The van der Waals surface area contributed by atoms with E-state index in [1.54, 1.807) is 12.1 Å². The minimum absolute atomic E-state index is 0.307. The molecule has 0 radical (unpaired) electrons. The van der Waals surface area contributed by atoms with Crippen molar-refractivity contribution in [2.45, 2.75) is 37.8 Å². The topological polar surface area (TPSA) is 98.7 Å². The Bertz CT molecular complexity index is 947. The molecule has 2 aliphatic heterocycles. The molecular weight excluding hydrogens is 346 g/mol. The SMILES string of the molecule is O=C(O)CN1C(=O)c2ccc3c4c(ccc(c24)C1=O)NC1CCCCC1N3. The zero-order valence-electron chi connectivity index (χ0n) is 14.6. The maximum absolute atomic E-state index is 12.8. The summed E-state index contributed by atoms with van der Waals surface area (Å²) in [5.41, 5.74) is 2.58. The summed E-state index contributed by atoms with van der Waals surface area (Å²) in [6.45, 7) is -0.636. The van der Waals surface area contributed by atoms with Crippen LogP contribution in [-0.4, -0.2) is 46.4 Å². The molecule has 3 aliphatic rings. The fraction of sp³-hybridized carbons (Fsp3) is 0.350. The fourth-order valence-electron chi connectivity index (χ4n) is 4.63. The number of fused-ring (bicyclic) bond motifs is 1. The Hall–Kier alpha value is -3.09. The predicted molar refractivity (Wildman–Crippen MR) is 100 cm³/mol. The largest absolute Gasteiger partial charge is 0.480 e. The lowest BCUT2D eigenvalue weighted by Crippen LogP contribution is -2.43. The van der Waals surface area contributed by atoms with E-state index >= 15 is 0 Å². The number of benzene rings is 2. The van der Waals surface area contributed by atoms with E-state index in [-0.39, 0.29) is 0 Å². The van der Waals surface area contributed by atoms with Gasteiger partial charge >= 0.3 is 5.97 Å². The first-order valence-electron chi connectivity index (χ1n) is 9.25. The number of imide groups is 1. The Labute approximate surface area is 155 Å². The van der Waals surface area contributed by atoms with Crippen molar-refractivity contribution in [3.05, 3.63) is 35.4 Å². The van der Waals surface area contributed by atoms with Crippen LogP contribution in [-0.2, 0) is 4.79 Å². The molecule has 2 unspecified atom stereocenters. The normalized spacial score (nSPS) is 23.3. The molecular formula is C20H19N3O4. The minimum atomic E-state index is -1.21. The van der Waals surface area contributed by atoms with Crippen molar-refractivity contribution in [2.24, 2.45) is 0 Å². The summed E-state index contributed by atoms with van der Waals surface area (Å²) >= 11 is 0. The first kappa shape index (κ1) is 16.1. The Morgan fingerprint density at radius 1 is 0.926 bits per heavy atom. The lowest BCUT2D eigenvalue weighted by atomic mass is 9.90. The maximum atomic E-state index is 12.8. The van der Waals surface area contributed by atoms with Crippen molar-refractivity contribution in [3.63, 3.8) is 0 Å². The highest BCUT2D eigenvalue weighted by molar-refractivity contribution is 6.29. The van der Waals surface area contributed by atoms with Crippen LogP contribution in [0.4, 0.5) is 11.4 Å². The van der Waals surface area contributed by atoms with Gasteiger partial charge in [0.25, 0.3) is 11.8 Å². The van der Waals surface area contributed by atoms with Gasteiger partial charge in [0.15, 0.2) is 0 Å². The van der Waals surface area contributed by atoms with Gasteiger partial charge in [-0.15, -0.1) is 0 Å². The second kappa shape index (κ2) is 5.70. The molecule has 1 saturated carbocycles. The summed E-state index contributed by atoms with van der Waals surface area (Å²) in [6.07, 6.45) is 4.51. The molecule has 7 nitrogen and oxygen atoms in total. The van der Waals surface area contributed by atoms with Crippen molar-refractivity contribution < 1.29 is 19.5 Å². The summed E-state index contributed by atoms with van der Waals surface area (Å²) in [6, 6.07) is 7.75. The third-order valence-electron chi connectivity index (χ3n) is 5.85. The van der Waals surface area contributed by atoms with Gasteiger partial charge in [-0.1, -0.05) is 12.8 Å². The number of carboxylic acids is 1. The lowest BCUT2D eigenvalue weighted by molar-refractivity contribution is -0.137. The van der Waals surface area contributed by atoms with Gasteiger partial charge in [0, 0.05) is 45.4 Å². The Balaban J connectivity index is 1.72. The van der Waals surface area contributed by atoms with Gasteiger partial charge in [-0.2, -0.15) is 0 Å². The Morgan fingerprint density at radius 3 is 1.93 bits per heavy atom. The first-order valence-corrected chi connectivity index (χ1v) is 9.25. The van der Waals surface area contributed by atoms with Crippen LogP contribution in [0, 0.1) is 0 Å². The third kappa shape index (κ3) is 2.31. The highest BCUT2D eigenvalue weighted by Gasteiger charge is 2.37. The zero-order chi connectivity index (χ0) is 18.7. The van der Waals surface area contributed by atoms with Gasteiger partial charge in [0.2, 0.25) is 0 Å². The predicted octanol–water partition coefficient (Wildman–Crippen LogP) is 2.67. The summed E-state index contributed by atoms with van der Waals surface area (Å²) in [7, 11) is 0. The second-order valence-corrected chi connectivity index (χ2v) is 7.45. The number of nitrogens with one attached hydrogen (secondary N) is 2. The number of nitrogens with zero attached hydrogens (tertiary/aromatic N) is 1. The Morgan fingerprint density at radius 2 is 1.44 bits per heavy atom. The van der Waals surface area contributed by atoms with Crippen molar-refractivity contribution in [1.29, 1.82) is 0 Å². The second-order valence-electron chi connectivity index (χ2n) is 7.45. The van der Waals surface area contributed by atoms with E-state index in [0.717, 1.165) is 34.5 Å². The van der Waals surface area contributed by atoms with Crippen LogP contribution in [0.2, 0.25) is 0 Å². The van der Waals surface area contributed by atoms with Crippen molar-refractivity contribution in [2.75, 3.05) is 17.2 Å². The number of aliphatic carboxylic acids is 1. The number of rotatable bonds is 2. The summed E-state index contributed by atoms with van der Waals surface area (Å²) in [5, 5.41) is 17.7. The summed E-state index contributed by atoms with van der Waals surface area (Å²) in [4.78, 5) is 37.5. The summed E-state index contributed by atoms with van der Waals surface area (Å²) in [5.74, 6) is -2.32. The van der Waals surface area contributed by atoms with Crippen LogP contribution >= 0.6 is 0 Å². The van der Waals surface area contributed by atoms with E-state index in [1.807, 2.05) is 12.1 Å². The van der Waals surface area contributed by atoms with Crippen LogP contribution < -0.4 is 10.6 Å². The first-order chi connectivity index (χ1) is 13.0. The van der Waals surface area contributed by atoms with Gasteiger partial charge in [0.1, 0.15) is 6.54 Å². The molecule has 1 fully saturated rings. The Kier molecular flexibility index (Phi) is 3.40.